The molecule has 0 saturated carbocycles. The van der Waals surface area contributed by atoms with Gasteiger partial charge in [0.2, 0.25) is 5.76 Å². The molecule has 3 aromatic carbocycles. The van der Waals surface area contributed by atoms with Crippen LogP contribution in [-0.4, -0.2) is 27.1 Å². The number of amides is 2. The Balaban J connectivity index is 1.44. The molecule has 39 heavy (non-hydrogen) atoms. The fraction of sp³-hybridized carbons (Fsp3) is 0.107. The Morgan fingerprint density at radius 2 is 1.77 bits per heavy atom. The summed E-state index contributed by atoms with van der Waals surface area (Å²) in [7, 11) is 0. The van der Waals surface area contributed by atoms with Crippen molar-refractivity contribution in [1.29, 1.82) is 0 Å². The van der Waals surface area contributed by atoms with E-state index in [1.807, 2.05) is 6.92 Å². The van der Waals surface area contributed by atoms with Gasteiger partial charge in [0.15, 0.2) is 0 Å². The number of furan rings is 1. The highest BCUT2D eigenvalue weighted by molar-refractivity contribution is 6.16. The number of benzene rings is 3. The van der Waals surface area contributed by atoms with Gasteiger partial charge >= 0.3 is 6.18 Å². The third-order valence-corrected chi connectivity index (χ3v) is 6.06. The molecular formula is C28H21F3N4O4. The molecule has 0 radical (unpaired) electrons. The van der Waals surface area contributed by atoms with Crippen LogP contribution in [0.2, 0.25) is 0 Å². The van der Waals surface area contributed by atoms with Gasteiger partial charge in [0.05, 0.1) is 11.3 Å². The normalized spacial score (nSPS) is 11.5. The summed E-state index contributed by atoms with van der Waals surface area (Å²) in [4.78, 5) is 26.2. The van der Waals surface area contributed by atoms with E-state index in [0.29, 0.717) is 16.6 Å². The highest BCUT2D eigenvalue weighted by atomic mass is 19.4. The quantitative estimate of drug-likeness (QED) is 0.195. The number of hydrogen-bond donors (Lipinski definition) is 4. The minimum absolute atomic E-state index is 0.0000338. The number of nitrogens with one attached hydrogen (secondary N) is 3. The Morgan fingerprint density at radius 3 is 2.54 bits per heavy atom. The highest BCUT2D eigenvalue weighted by Crippen LogP contribution is 2.34. The van der Waals surface area contributed by atoms with Gasteiger partial charge in [-0.15, -0.1) is 0 Å². The monoisotopic (exact) mass is 534 g/mol. The Kier molecular flexibility index (Phi) is 6.57. The lowest BCUT2D eigenvalue weighted by Gasteiger charge is -2.10. The molecule has 0 aliphatic rings. The second-order valence-corrected chi connectivity index (χ2v) is 8.66. The van der Waals surface area contributed by atoms with Crippen LogP contribution in [0.15, 0.2) is 77.2 Å². The van der Waals surface area contributed by atoms with Crippen LogP contribution in [0.3, 0.4) is 0 Å². The number of rotatable bonds is 6. The number of H-pyrrole nitrogens is 1. The molecule has 4 N–H and O–H groups in total. The number of halogens is 3. The van der Waals surface area contributed by atoms with E-state index < -0.39 is 23.6 Å². The summed E-state index contributed by atoms with van der Waals surface area (Å²) < 4.78 is 45.0. The van der Waals surface area contributed by atoms with Crippen molar-refractivity contribution in [2.75, 3.05) is 10.6 Å². The van der Waals surface area contributed by atoms with Crippen LogP contribution < -0.4 is 10.6 Å². The van der Waals surface area contributed by atoms with Crippen molar-refractivity contribution in [3.8, 4) is 17.0 Å². The van der Waals surface area contributed by atoms with Gasteiger partial charge in [-0.1, -0.05) is 31.2 Å². The molecular weight excluding hydrogens is 513 g/mol. The molecule has 8 nitrogen and oxygen atoms in total. The summed E-state index contributed by atoms with van der Waals surface area (Å²) in [5.41, 5.74) is 1.09. The maximum absolute atomic E-state index is 13.2. The zero-order chi connectivity index (χ0) is 27.7. The number of aromatic nitrogens is 2. The van der Waals surface area contributed by atoms with Crippen LogP contribution in [0.1, 0.15) is 39.1 Å². The van der Waals surface area contributed by atoms with Crippen LogP contribution in [0.25, 0.3) is 22.2 Å². The summed E-state index contributed by atoms with van der Waals surface area (Å²) in [5.74, 6) is -1.80. The first kappa shape index (κ1) is 25.6. The van der Waals surface area contributed by atoms with Crippen molar-refractivity contribution in [2.24, 2.45) is 0 Å². The van der Waals surface area contributed by atoms with Crippen LogP contribution in [-0.2, 0) is 12.6 Å². The molecule has 2 aromatic heterocycles. The maximum Gasteiger partial charge on any atom is 0.416 e. The van der Waals surface area contributed by atoms with Gasteiger partial charge in [-0.05, 0) is 60.5 Å². The Hall–Kier alpha value is -5.06. The lowest BCUT2D eigenvalue weighted by atomic mass is 10.1. The molecule has 0 aliphatic heterocycles. The number of para-hydroxylation sites is 1. The molecule has 0 unspecified atom stereocenters. The van der Waals surface area contributed by atoms with Crippen LogP contribution >= 0.6 is 0 Å². The average Bonchev–Trinajstić information content (AvgIpc) is 3.54. The van der Waals surface area contributed by atoms with E-state index in [2.05, 4.69) is 20.8 Å². The number of aromatic hydroxyl groups is 1. The fourth-order valence-electron chi connectivity index (χ4n) is 4.06. The fourth-order valence-corrected chi connectivity index (χ4v) is 4.06. The Morgan fingerprint density at radius 1 is 0.974 bits per heavy atom. The molecule has 0 atom stereocenters. The first-order valence-corrected chi connectivity index (χ1v) is 11.8. The summed E-state index contributed by atoms with van der Waals surface area (Å²) in [6, 6.07) is 17.3. The van der Waals surface area contributed by atoms with E-state index in [1.165, 1.54) is 18.2 Å². The molecule has 5 aromatic rings. The molecule has 0 spiro atoms. The van der Waals surface area contributed by atoms with E-state index in [-0.39, 0.29) is 34.2 Å². The van der Waals surface area contributed by atoms with E-state index >= 15 is 0 Å². The second kappa shape index (κ2) is 10.0. The molecule has 11 heteroatoms. The zero-order valence-corrected chi connectivity index (χ0v) is 20.4. The molecule has 2 heterocycles. The van der Waals surface area contributed by atoms with Gasteiger partial charge in [0.1, 0.15) is 22.7 Å². The van der Waals surface area contributed by atoms with Gasteiger partial charge < -0.3 is 20.2 Å². The lowest BCUT2D eigenvalue weighted by molar-refractivity contribution is -0.137. The Bertz CT molecular complexity index is 1700. The standard InChI is InChI=1S/C28H21F3N4O4/c1-2-15-10-11-22(36)19(12-15)20-14-21(35-34-20)26(37)33-24-18-8-3-4-9-23(18)39-25(24)27(38)32-17-7-5-6-16(13-17)28(29,30)31/h3-14,36H,2H2,1H3,(H,32,38)(H,33,37)(H,34,35). The number of fused-ring (bicyclic) bond motifs is 1. The summed E-state index contributed by atoms with van der Waals surface area (Å²) in [5, 5.41) is 22.5. The van der Waals surface area contributed by atoms with Gasteiger partial charge in [-0.25, -0.2) is 0 Å². The first-order valence-electron chi connectivity index (χ1n) is 11.8. The zero-order valence-electron chi connectivity index (χ0n) is 20.4. The second-order valence-electron chi connectivity index (χ2n) is 8.66. The average molecular weight is 534 g/mol. The molecule has 0 aliphatic carbocycles. The minimum atomic E-state index is -4.59. The smallest absolute Gasteiger partial charge is 0.416 e. The van der Waals surface area contributed by atoms with Gasteiger partial charge in [-0.2, -0.15) is 18.3 Å². The summed E-state index contributed by atoms with van der Waals surface area (Å²) in [6.07, 6.45) is -3.85. The van der Waals surface area contributed by atoms with Crippen molar-refractivity contribution < 1.29 is 32.3 Å². The maximum atomic E-state index is 13.2. The van der Waals surface area contributed by atoms with Gasteiger partial charge in [-0.3, -0.25) is 14.7 Å². The van der Waals surface area contributed by atoms with Crippen molar-refractivity contribution in [3.63, 3.8) is 0 Å². The number of carbonyl (C=O) groups excluding carboxylic acids is 2. The molecule has 0 saturated heterocycles. The van der Waals surface area contributed by atoms with Crippen LogP contribution in [0, 0.1) is 0 Å². The van der Waals surface area contributed by atoms with Crippen molar-refractivity contribution in [3.05, 3.63) is 95.4 Å². The topological polar surface area (TPSA) is 120 Å². The van der Waals surface area contributed by atoms with E-state index in [0.717, 1.165) is 24.1 Å². The SMILES string of the molecule is CCc1ccc(O)c(-c2cc(C(=O)Nc3c(C(=O)Nc4cccc(C(F)(F)F)c4)oc4ccccc34)[nH]n2)c1. The van der Waals surface area contributed by atoms with Crippen molar-refractivity contribution in [1.82, 2.24) is 10.2 Å². The highest BCUT2D eigenvalue weighted by Gasteiger charge is 2.31. The number of alkyl halides is 3. The van der Waals surface area contributed by atoms with Crippen LogP contribution in [0.4, 0.5) is 24.5 Å². The first-order chi connectivity index (χ1) is 18.6. The minimum Gasteiger partial charge on any atom is -0.507 e. The molecule has 5 rings (SSSR count). The van der Waals surface area contributed by atoms with Crippen LogP contribution in [0.5, 0.6) is 5.75 Å². The molecule has 0 bridgehead atoms. The Labute approximate surface area is 219 Å². The number of phenolic OH excluding ortho intramolecular Hbond substituents is 1. The lowest BCUT2D eigenvalue weighted by Crippen LogP contribution is -2.17. The summed E-state index contributed by atoms with van der Waals surface area (Å²) in [6.45, 7) is 1.97. The molecule has 2 amide bonds. The number of nitrogens with zero attached hydrogens (tertiary/aromatic N) is 1. The number of aromatic amines is 1. The number of aryl methyl sites for hydroxylation is 1. The molecule has 0 fully saturated rings. The molecule has 198 valence electrons. The third-order valence-electron chi connectivity index (χ3n) is 6.06. The predicted molar refractivity (Wildman–Crippen MR) is 139 cm³/mol. The van der Waals surface area contributed by atoms with Crippen molar-refractivity contribution in [2.45, 2.75) is 19.5 Å². The summed E-state index contributed by atoms with van der Waals surface area (Å²) >= 11 is 0. The van der Waals surface area contributed by atoms with Crippen molar-refractivity contribution >= 4 is 34.2 Å². The predicted octanol–water partition coefficient (Wildman–Crippen LogP) is 6.61. The van der Waals surface area contributed by atoms with E-state index in [4.69, 9.17) is 4.42 Å². The number of hydrogen-bond acceptors (Lipinski definition) is 5. The largest absolute Gasteiger partial charge is 0.507 e. The van der Waals surface area contributed by atoms with Gasteiger partial charge in [0, 0.05) is 16.6 Å². The van der Waals surface area contributed by atoms with E-state index in [9.17, 15) is 27.9 Å². The number of anilines is 2. The van der Waals surface area contributed by atoms with Gasteiger partial charge in [0.25, 0.3) is 11.8 Å². The number of carbonyl (C=O) groups is 2. The number of phenols is 1. The van der Waals surface area contributed by atoms with E-state index in [1.54, 1.807) is 42.5 Å². The third kappa shape index (κ3) is 5.19.